The summed E-state index contributed by atoms with van der Waals surface area (Å²) in [5, 5.41) is 1.11. The van der Waals surface area contributed by atoms with Crippen molar-refractivity contribution < 1.29 is 9.53 Å². The first-order chi connectivity index (χ1) is 9.72. The molecular weight excluding hydrogens is 252 g/mol. The highest BCUT2D eigenvalue weighted by Crippen LogP contribution is 2.33. The number of rotatable bonds is 1. The first kappa shape index (κ1) is 11.7. The molecule has 0 spiro atoms. The lowest BCUT2D eigenvalue weighted by atomic mass is 10.1. The predicted molar refractivity (Wildman–Crippen MR) is 75.5 cm³/mol. The minimum atomic E-state index is 0.0753. The van der Waals surface area contributed by atoms with Gasteiger partial charge in [0.25, 0.3) is 5.91 Å². The Kier molecular flexibility index (Phi) is 2.46. The molecular formula is C16H16N2O2. The highest BCUT2D eigenvalue weighted by Gasteiger charge is 2.35. The van der Waals surface area contributed by atoms with E-state index in [1.165, 1.54) is 0 Å². The normalized spacial score (nSPS) is 18.6. The summed E-state index contributed by atoms with van der Waals surface area (Å²) < 4.78 is 5.63. The lowest BCUT2D eigenvalue weighted by molar-refractivity contribution is -0.133. The Hall–Kier alpha value is -2.10. The SMILES string of the molecule is Cc1cccc2cc3c(nc12)OCC(=O)N(C1CC1)C3. The van der Waals surface area contributed by atoms with Crippen LogP contribution in [0.25, 0.3) is 10.9 Å². The van der Waals surface area contributed by atoms with Gasteiger partial charge < -0.3 is 9.64 Å². The van der Waals surface area contributed by atoms with Crippen molar-refractivity contribution in [2.24, 2.45) is 0 Å². The van der Waals surface area contributed by atoms with E-state index in [2.05, 4.69) is 17.1 Å². The van der Waals surface area contributed by atoms with Crippen LogP contribution in [0.15, 0.2) is 24.3 Å². The van der Waals surface area contributed by atoms with Crippen LogP contribution in [0.5, 0.6) is 5.88 Å². The number of hydrogen-bond donors (Lipinski definition) is 0. The molecule has 102 valence electrons. The van der Waals surface area contributed by atoms with Crippen molar-refractivity contribution in [1.82, 2.24) is 9.88 Å². The van der Waals surface area contributed by atoms with Crippen LogP contribution >= 0.6 is 0 Å². The fourth-order valence-electron chi connectivity index (χ4n) is 2.82. The molecule has 0 bridgehead atoms. The second kappa shape index (κ2) is 4.20. The molecule has 1 aromatic carbocycles. The summed E-state index contributed by atoms with van der Waals surface area (Å²) in [6.45, 7) is 2.77. The minimum absolute atomic E-state index is 0.0753. The van der Waals surface area contributed by atoms with E-state index in [1.807, 2.05) is 24.0 Å². The van der Waals surface area contributed by atoms with Crippen molar-refractivity contribution >= 4 is 16.8 Å². The molecule has 1 saturated carbocycles. The van der Waals surface area contributed by atoms with Crippen LogP contribution in [0.4, 0.5) is 0 Å². The van der Waals surface area contributed by atoms with Crippen LogP contribution in [-0.4, -0.2) is 28.4 Å². The zero-order valence-electron chi connectivity index (χ0n) is 11.4. The predicted octanol–water partition coefficient (Wildman–Crippen LogP) is 2.43. The summed E-state index contributed by atoms with van der Waals surface area (Å²) in [7, 11) is 0. The van der Waals surface area contributed by atoms with Gasteiger partial charge in [-0.2, -0.15) is 0 Å². The van der Waals surface area contributed by atoms with Crippen LogP contribution < -0.4 is 4.74 Å². The average molecular weight is 268 g/mol. The van der Waals surface area contributed by atoms with Crippen LogP contribution in [-0.2, 0) is 11.3 Å². The van der Waals surface area contributed by atoms with E-state index in [0.29, 0.717) is 18.5 Å². The number of amides is 1. The lowest BCUT2D eigenvalue weighted by Crippen LogP contribution is -2.34. The zero-order valence-corrected chi connectivity index (χ0v) is 11.4. The molecule has 1 aliphatic carbocycles. The number of aryl methyl sites for hydroxylation is 1. The van der Waals surface area contributed by atoms with Crippen molar-refractivity contribution in [2.45, 2.75) is 32.4 Å². The highest BCUT2D eigenvalue weighted by atomic mass is 16.5. The summed E-state index contributed by atoms with van der Waals surface area (Å²) >= 11 is 0. The van der Waals surface area contributed by atoms with Gasteiger partial charge in [-0.1, -0.05) is 18.2 Å². The number of fused-ring (bicyclic) bond motifs is 2. The molecule has 0 radical (unpaired) electrons. The van der Waals surface area contributed by atoms with E-state index in [1.54, 1.807) is 0 Å². The quantitative estimate of drug-likeness (QED) is 0.797. The Morgan fingerprint density at radius 3 is 3.00 bits per heavy atom. The summed E-state index contributed by atoms with van der Waals surface area (Å²) in [5.74, 6) is 0.689. The third-order valence-corrected chi connectivity index (χ3v) is 4.07. The lowest BCUT2D eigenvalue weighted by Gasteiger charge is -2.19. The number of hydrogen-bond acceptors (Lipinski definition) is 3. The second-order valence-corrected chi connectivity index (χ2v) is 5.64. The smallest absolute Gasteiger partial charge is 0.261 e. The molecule has 0 unspecified atom stereocenters. The molecule has 1 aliphatic heterocycles. The Balaban J connectivity index is 1.83. The maximum atomic E-state index is 12.1. The Labute approximate surface area is 117 Å². The van der Waals surface area contributed by atoms with Gasteiger partial charge >= 0.3 is 0 Å². The fourth-order valence-corrected chi connectivity index (χ4v) is 2.82. The van der Waals surface area contributed by atoms with Gasteiger partial charge in [-0.15, -0.1) is 0 Å². The van der Waals surface area contributed by atoms with Crippen LogP contribution in [0.3, 0.4) is 0 Å². The van der Waals surface area contributed by atoms with E-state index in [-0.39, 0.29) is 12.5 Å². The largest absolute Gasteiger partial charge is 0.467 e. The Bertz CT molecular complexity index is 707. The number of carbonyl (C=O) groups is 1. The standard InChI is InChI=1S/C16H16N2O2/c1-10-3-2-4-11-7-12-8-18(13-5-6-13)14(19)9-20-16(12)17-15(10)11/h2-4,7,13H,5-6,8-9H2,1H3. The Morgan fingerprint density at radius 2 is 2.20 bits per heavy atom. The maximum Gasteiger partial charge on any atom is 0.261 e. The molecule has 0 N–H and O–H groups in total. The Morgan fingerprint density at radius 1 is 1.35 bits per heavy atom. The number of carbonyl (C=O) groups excluding carboxylic acids is 1. The monoisotopic (exact) mass is 268 g/mol. The number of ether oxygens (including phenoxy) is 1. The maximum absolute atomic E-state index is 12.1. The van der Waals surface area contributed by atoms with E-state index in [9.17, 15) is 4.79 Å². The molecule has 2 aliphatic rings. The number of para-hydroxylation sites is 1. The molecule has 0 atom stereocenters. The highest BCUT2D eigenvalue weighted by molar-refractivity contribution is 5.84. The van der Waals surface area contributed by atoms with Gasteiger partial charge in [0.1, 0.15) is 0 Å². The molecule has 4 heteroatoms. The average Bonchev–Trinajstić information content (AvgIpc) is 3.26. The first-order valence-electron chi connectivity index (χ1n) is 7.04. The molecule has 1 aromatic heterocycles. The molecule has 2 aromatic rings. The van der Waals surface area contributed by atoms with E-state index < -0.39 is 0 Å². The van der Waals surface area contributed by atoms with Crippen molar-refractivity contribution in [3.8, 4) is 5.88 Å². The number of pyridine rings is 1. The van der Waals surface area contributed by atoms with Gasteiger partial charge in [0, 0.05) is 17.0 Å². The van der Waals surface area contributed by atoms with Crippen molar-refractivity contribution in [2.75, 3.05) is 6.61 Å². The molecule has 1 fully saturated rings. The van der Waals surface area contributed by atoms with Crippen molar-refractivity contribution in [3.63, 3.8) is 0 Å². The topological polar surface area (TPSA) is 42.4 Å². The number of benzene rings is 1. The molecule has 2 heterocycles. The molecule has 4 rings (SSSR count). The van der Waals surface area contributed by atoms with E-state index in [0.717, 1.165) is 34.9 Å². The van der Waals surface area contributed by atoms with Crippen molar-refractivity contribution in [1.29, 1.82) is 0 Å². The van der Waals surface area contributed by atoms with E-state index in [4.69, 9.17) is 4.74 Å². The molecule has 4 nitrogen and oxygen atoms in total. The summed E-state index contributed by atoms with van der Waals surface area (Å²) in [6.07, 6.45) is 2.22. The first-order valence-corrected chi connectivity index (χ1v) is 7.04. The zero-order chi connectivity index (χ0) is 13.7. The van der Waals surface area contributed by atoms with Gasteiger partial charge in [-0.05, 0) is 31.4 Å². The van der Waals surface area contributed by atoms with Gasteiger partial charge in [0.05, 0.1) is 12.1 Å². The summed E-state index contributed by atoms with van der Waals surface area (Å²) in [4.78, 5) is 18.7. The number of nitrogens with zero attached hydrogens (tertiary/aromatic N) is 2. The second-order valence-electron chi connectivity index (χ2n) is 5.64. The van der Waals surface area contributed by atoms with Crippen molar-refractivity contribution in [3.05, 3.63) is 35.4 Å². The molecule has 0 saturated heterocycles. The molecule has 1 amide bonds. The van der Waals surface area contributed by atoms with Gasteiger partial charge in [0.2, 0.25) is 5.88 Å². The van der Waals surface area contributed by atoms with Gasteiger partial charge in [-0.3, -0.25) is 4.79 Å². The van der Waals surface area contributed by atoms with Crippen LogP contribution in [0.1, 0.15) is 24.0 Å². The third kappa shape index (κ3) is 1.83. The van der Waals surface area contributed by atoms with Crippen LogP contribution in [0, 0.1) is 6.92 Å². The third-order valence-electron chi connectivity index (χ3n) is 4.07. The van der Waals surface area contributed by atoms with Gasteiger partial charge in [0.15, 0.2) is 6.61 Å². The van der Waals surface area contributed by atoms with Crippen LogP contribution in [0.2, 0.25) is 0 Å². The van der Waals surface area contributed by atoms with Gasteiger partial charge in [-0.25, -0.2) is 4.98 Å². The summed E-state index contributed by atoms with van der Waals surface area (Å²) in [6, 6.07) is 8.65. The summed E-state index contributed by atoms with van der Waals surface area (Å²) in [5.41, 5.74) is 3.10. The molecule has 20 heavy (non-hydrogen) atoms. The fraction of sp³-hybridized carbons (Fsp3) is 0.375. The van der Waals surface area contributed by atoms with E-state index >= 15 is 0 Å². The minimum Gasteiger partial charge on any atom is -0.467 e. The number of aromatic nitrogens is 1.